The van der Waals surface area contributed by atoms with Crippen molar-refractivity contribution in [3.8, 4) is 0 Å². The van der Waals surface area contributed by atoms with Gasteiger partial charge in [0.25, 0.3) is 5.56 Å². The van der Waals surface area contributed by atoms with Gasteiger partial charge in [-0.3, -0.25) is 23.9 Å². The molecule has 1 atom stereocenters. The number of pyridine rings is 1. The van der Waals surface area contributed by atoms with Gasteiger partial charge in [0.1, 0.15) is 12.0 Å². The largest absolute Gasteiger partial charge is 0.481 e. The molecule has 4 N–H and O–H groups in total. The van der Waals surface area contributed by atoms with E-state index in [1.54, 1.807) is 50.4 Å². The lowest BCUT2D eigenvalue weighted by Crippen LogP contribution is -2.41. The molecule has 10 nitrogen and oxygen atoms in total. The molecule has 0 radical (unpaired) electrons. The number of fused-ring (bicyclic) bond motifs is 1. The van der Waals surface area contributed by atoms with Crippen molar-refractivity contribution in [2.75, 3.05) is 11.9 Å². The average Bonchev–Trinajstić information content (AvgIpc) is 3.33. The Morgan fingerprint density at radius 3 is 2.66 bits per heavy atom. The topological polar surface area (TPSA) is 142 Å². The minimum absolute atomic E-state index is 0.0219. The Labute approximate surface area is 201 Å². The fraction of sp³-hybridized carbons (Fsp3) is 0.240. The number of nitrogens with zero attached hydrogens (tertiary/aromatic N) is 3. The maximum Gasteiger partial charge on any atom is 0.315 e. The number of anilines is 1. The molecule has 4 aromatic rings. The molecule has 0 aliphatic rings. The summed E-state index contributed by atoms with van der Waals surface area (Å²) in [7, 11) is 0. The van der Waals surface area contributed by atoms with Gasteiger partial charge in [-0.25, -0.2) is 4.98 Å². The summed E-state index contributed by atoms with van der Waals surface area (Å²) in [6, 6.07) is 12.6. The maximum absolute atomic E-state index is 13.0. The average molecular weight is 475 g/mol. The van der Waals surface area contributed by atoms with Crippen LogP contribution in [-0.4, -0.2) is 43.0 Å². The van der Waals surface area contributed by atoms with E-state index in [1.165, 1.54) is 10.8 Å². The van der Waals surface area contributed by atoms with Gasteiger partial charge < -0.3 is 20.7 Å². The van der Waals surface area contributed by atoms with Crippen molar-refractivity contribution in [2.24, 2.45) is 0 Å². The Bertz CT molecular complexity index is 1430. The van der Waals surface area contributed by atoms with Crippen LogP contribution in [0.15, 0.2) is 65.8 Å². The molecular weight excluding hydrogens is 448 g/mol. The van der Waals surface area contributed by atoms with Crippen LogP contribution in [0.2, 0.25) is 0 Å². The number of rotatable bonds is 9. The molecule has 0 spiro atoms. The molecule has 1 amide bonds. The molecular formula is C25H26N6O4. The predicted molar refractivity (Wildman–Crippen MR) is 131 cm³/mol. The van der Waals surface area contributed by atoms with Gasteiger partial charge in [0.15, 0.2) is 5.82 Å². The second-order valence-electron chi connectivity index (χ2n) is 8.51. The number of hydrogen-bond donors (Lipinski definition) is 4. The molecule has 3 aromatic heterocycles. The Morgan fingerprint density at radius 1 is 1.14 bits per heavy atom. The van der Waals surface area contributed by atoms with Gasteiger partial charge in [-0.1, -0.05) is 30.3 Å². The van der Waals surface area contributed by atoms with Gasteiger partial charge in [-0.05, 0) is 31.5 Å². The molecule has 4 rings (SSSR count). The van der Waals surface area contributed by atoms with Gasteiger partial charge in [-0.2, -0.15) is 0 Å². The minimum atomic E-state index is -1.28. The van der Waals surface area contributed by atoms with Crippen LogP contribution in [0, 0.1) is 6.92 Å². The molecule has 0 aliphatic carbocycles. The van der Waals surface area contributed by atoms with E-state index in [4.69, 9.17) is 0 Å². The highest BCUT2D eigenvalue weighted by Crippen LogP contribution is 2.24. The molecule has 1 aromatic carbocycles. The number of amides is 1. The Morgan fingerprint density at radius 2 is 1.91 bits per heavy atom. The first-order valence-electron chi connectivity index (χ1n) is 11.1. The number of H-pyrrole nitrogens is 1. The summed E-state index contributed by atoms with van der Waals surface area (Å²) in [5.74, 6) is -1.41. The Hall–Kier alpha value is -4.47. The van der Waals surface area contributed by atoms with Crippen LogP contribution in [0.4, 0.5) is 5.82 Å². The van der Waals surface area contributed by atoms with Crippen LogP contribution in [0.1, 0.15) is 23.9 Å². The van der Waals surface area contributed by atoms with Crippen LogP contribution in [0.5, 0.6) is 0 Å². The van der Waals surface area contributed by atoms with E-state index in [9.17, 15) is 19.5 Å². The van der Waals surface area contributed by atoms with Crippen molar-refractivity contribution >= 4 is 28.6 Å². The van der Waals surface area contributed by atoms with Gasteiger partial charge in [0, 0.05) is 30.0 Å². The van der Waals surface area contributed by atoms with E-state index in [0.717, 1.165) is 10.9 Å². The summed E-state index contributed by atoms with van der Waals surface area (Å²) in [5, 5.41) is 16.5. The molecule has 10 heteroatoms. The highest BCUT2D eigenvalue weighted by molar-refractivity contribution is 5.82. The third-order valence-corrected chi connectivity index (χ3v) is 6.01. The first-order chi connectivity index (χ1) is 16.8. The summed E-state index contributed by atoms with van der Waals surface area (Å²) >= 11 is 0. The first-order valence-corrected chi connectivity index (χ1v) is 11.1. The number of carbonyl (C=O) groups is 2. The van der Waals surface area contributed by atoms with E-state index in [2.05, 4.69) is 25.6 Å². The van der Waals surface area contributed by atoms with E-state index >= 15 is 0 Å². The predicted octanol–water partition coefficient (Wildman–Crippen LogP) is 2.20. The molecule has 0 aliphatic heterocycles. The number of nitrogens with one attached hydrogen (secondary N) is 3. The summed E-state index contributed by atoms with van der Waals surface area (Å²) in [5.41, 5.74) is 0.916. The Kier molecular flexibility index (Phi) is 6.63. The van der Waals surface area contributed by atoms with E-state index in [-0.39, 0.29) is 31.4 Å². The number of carboxylic acid groups (broad SMARTS) is 1. The van der Waals surface area contributed by atoms with Crippen molar-refractivity contribution in [1.82, 2.24) is 24.8 Å². The Balaban J connectivity index is 1.45. The molecule has 0 saturated heterocycles. The lowest BCUT2D eigenvalue weighted by Gasteiger charge is -2.26. The minimum Gasteiger partial charge on any atom is -0.481 e. The number of aryl methyl sites for hydroxylation is 1. The smallest absolute Gasteiger partial charge is 0.315 e. The highest BCUT2D eigenvalue weighted by atomic mass is 16.4. The zero-order valence-electron chi connectivity index (χ0n) is 19.4. The zero-order valence-corrected chi connectivity index (χ0v) is 19.4. The normalized spacial score (nSPS) is 12.7. The fourth-order valence-electron chi connectivity index (χ4n) is 3.74. The van der Waals surface area contributed by atoms with Crippen molar-refractivity contribution in [3.05, 3.63) is 88.4 Å². The van der Waals surface area contributed by atoms with Gasteiger partial charge >= 0.3 is 5.97 Å². The fourth-order valence-corrected chi connectivity index (χ4v) is 3.74. The summed E-state index contributed by atoms with van der Waals surface area (Å²) in [4.78, 5) is 49.2. The van der Waals surface area contributed by atoms with E-state index < -0.39 is 16.9 Å². The number of aromatic nitrogens is 4. The van der Waals surface area contributed by atoms with E-state index in [1.807, 2.05) is 18.3 Å². The third kappa shape index (κ3) is 5.06. The second-order valence-corrected chi connectivity index (χ2v) is 8.51. The van der Waals surface area contributed by atoms with Crippen molar-refractivity contribution in [2.45, 2.75) is 32.4 Å². The van der Waals surface area contributed by atoms with Crippen molar-refractivity contribution < 1.29 is 14.7 Å². The quantitative estimate of drug-likeness (QED) is 0.291. The highest BCUT2D eigenvalue weighted by Gasteiger charge is 2.35. The SMILES string of the molecule is Cc1cnc(NCC(C)(C(=O)O)c2ccccc2)c(=O)n1CC(=O)NCc1cc2cc[nH]c2cn1. The van der Waals surface area contributed by atoms with Crippen molar-refractivity contribution in [1.29, 1.82) is 0 Å². The first kappa shape index (κ1) is 23.7. The zero-order chi connectivity index (χ0) is 25.0. The number of carboxylic acids is 1. The molecule has 0 saturated carbocycles. The molecule has 0 fully saturated rings. The number of benzene rings is 1. The lowest BCUT2D eigenvalue weighted by molar-refractivity contribution is -0.142. The van der Waals surface area contributed by atoms with Crippen LogP contribution in [0.25, 0.3) is 10.9 Å². The van der Waals surface area contributed by atoms with Crippen LogP contribution in [-0.2, 0) is 28.1 Å². The van der Waals surface area contributed by atoms with E-state index in [0.29, 0.717) is 17.0 Å². The van der Waals surface area contributed by atoms with Crippen molar-refractivity contribution in [3.63, 3.8) is 0 Å². The molecule has 0 bridgehead atoms. The molecule has 3 heterocycles. The van der Waals surface area contributed by atoms with Gasteiger partial charge in [0.2, 0.25) is 5.91 Å². The summed E-state index contributed by atoms with van der Waals surface area (Å²) in [6.07, 6.45) is 4.99. The lowest BCUT2D eigenvalue weighted by atomic mass is 9.82. The molecule has 180 valence electrons. The number of hydrogen-bond acceptors (Lipinski definition) is 6. The summed E-state index contributed by atoms with van der Waals surface area (Å²) < 4.78 is 1.30. The number of aliphatic carboxylic acids is 1. The van der Waals surface area contributed by atoms with Crippen LogP contribution < -0.4 is 16.2 Å². The van der Waals surface area contributed by atoms with Gasteiger partial charge in [-0.15, -0.1) is 0 Å². The van der Waals surface area contributed by atoms with Crippen LogP contribution in [0.3, 0.4) is 0 Å². The van der Waals surface area contributed by atoms with Crippen LogP contribution >= 0.6 is 0 Å². The second kappa shape index (κ2) is 9.80. The molecule has 1 unspecified atom stereocenters. The maximum atomic E-state index is 13.0. The van der Waals surface area contributed by atoms with Gasteiger partial charge in [0.05, 0.1) is 24.0 Å². The molecule has 35 heavy (non-hydrogen) atoms. The standard InChI is InChI=1S/C25H26N6O4/c1-16-11-29-22(30-15-25(2,24(34)35)18-6-4-3-5-7-18)23(33)31(16)14-21(32)28-12-19-10-17-8-9-26-20(17)13-27-19/h3-11,13,26H,12,14-15H2,1-2H3,(H,28,32)(H,29,30)(H,34,35). The summed E-state index contributed by atoms with van der Waals surface area (Å²) in [6.45, 7) is 3.22. The third-order valence-electron chi connectivity index (χ3n) is 6.01. The number of carbonyl (C=O) groups excluding carboxylic acids is 1. The number of aromatic amines is 1. The monoisotopic (exact) mass is 474 g/mol.